The Morgan fingerprint density at radius 3 is 2.94 bits per heavy atom. The van der Waals surface area contributed by atoms with Crippen molar-refractivity contribution in [2.75, 3.05) is 0 Å². The van der Waals surface area contributed by atoms with Crippen LogP contribution in [-0.2, 0) is 12.3 Å². The number of nitrogens with one attached hydrogen (secondary N) is 1. The minimum absolute atomic E-state index is 0.166. The van der Waals surface area contributed by atoms with Crippen LogP contribution in [0.25, 0.3) is 0 Å². The van der Waals surface area contributed by atoms with Crippen molar-refractivity contribution in [3.05, 3.63) is 58.0 Å². The Balaban J connectivity index is 2.06. The fraction of sp³-hybridized carbons (Fsp3) is 0.167. The molecule has 0 bridgehead atoms. The number of H-pyrrole nitrogens is 1. The molecule has 0 atom stereocenters. The summed E-state index contributed by atoms with van der Waals surface area (Å²) < 4.78 is 13.0. The highest BCUT2D eigenvalue weighted by Gasteiger charge is 2.02. The molecular formula is C12H12FN3OS. The van der Waals surface area contributed by atoms with Gasteiger partial charge in [0.1, 0.15) is 11.6 Å². The number of benzene rings is 1. The highest BCUT2D eigenvalue weighted by atomic mass is 32.2. The molecule has 2 rings (SSSR count). The van der Waals surface area contributed by atoms with Crippen molar-refractivity contribution in [1.29, 1.82) is 0 Å². The third-order valence-corrected chi connectivity index (χ3v) is 3.32. The smallest absolute Gasteiger partial charge is 0.255 e. The molecule has 0 aliphatic heterocycles. The van der Waals surface area contributed by atoms with E-state index in [1.165, 1.54) is 30.1 Å². The van der Waals surface area contributed by atoms with Gasteiger partial charge in [-0.05, 0) is 18.2 Å². The first kappa shape index (κ1) is 12.8. The zero-order chi connectivity index (χ0) is 13.0. The molecule has 0 fully saturated rings. The van der Waals surface area contributed by atoms with Gasteiger partial charge < -0.3 is 10.7 Å². The predicted molar refractivity (Wildman–Crippen MR) is 68.7 cm³/mol. The lowest BCUT2D eigenvalue weighted by Gasteiger charge is -2.02. The molecular weight excluding hydrogens is 253 g/mol. The number of halogens is 1. The van der Waals surface area contributed by atoms with Gasteiger partial charge in [-0.25, -0.2) is 9.37 Å². The maximum Gasteiger partial charge on any atom is 0.255 e. The van der Waals surface area contributed by atoms with E-state index in [0.717, 1.165) is 4.90 Å². The molecule has 3 N–H and O–H groups in total. The third-order valence-electron chi connectivity index (χ3n) is 2.32. The van der Waals surface area contributed by atoms with Crippen LogP contribution >= 0.6 is 11.8 Å². The third kappa shape index (κ3) is 3.18. The Morgan fingerprint density at radius 1 is 1.44 bits per heavy atom. The van der Waals surface area contributed by atoms with Crippen LogP contribution < -0.4 is 11.3 Å². The van der Waals surface area contributed by atoms with Crippen LogP contribution in [0.3, 0.4) is 0 Å². The Morgan fingerprint density at radius 2 is 2.28 bits per heavy atom. The van der Waals surface area contributed by atoms with Gasteiger partial charge in [0, 0.05) is 23.2 Å². The summed E-state index contributed by atoms with van der Waals surface area (Å²) >= 11 is 1.41. The highest BCUT2D eigenvalue weighted by Crippen LogP contribution is 2.21. The summed E-state index contributed by atoms with van der Waals surface area (Å²) in [7, 11) is 0. The molecule has 18 heavy (non-hydrogen) atoms. The number of nitrogens with two attached hydrogens (primary N) is 1. The van der Waals surface area contributed by atoms with Crippen LogP contribution in [0.4, 0.5) is 4.39 Å². The molecule has 0 saturated carbocycles. The number of thioether (sulfide) groups is 1. The summed E-state index contributed by atoms with van der Waals surface area (Å²) in [6, 6.07) is 6.28. The summed E-state index contributed by atoms with van der Waals surface area (Å²) in [5.74, 6) is 0.746. The average Bonchev–Trinajstić information content (AvgIpc) is 2.37. The topological polar surface area (TPSA) is 71.8 Å². The van der Waals surface area contributed by atoms with Crippen molar-refractivity contribution in [3.8, 4) is 0 Å². The first-order chi connectivity index (χ1) is 8.69. The van der Waals surface area contributed by atoms with E-state index < -0.39 is 0 Å². The minimum Gasteiger partial charge on any atom is -0.326 e. The lowest BCUT2D eigenvalue weighted by Crippen LogP contribution is -2.18. The van der Waals surface area contributed by atoms with Crippen LogP contribution in [-0.4, -0.2) is 9.97 Å². The van der Waals surface area contributed by atoms with Gasteiger partial charge in [0.15, 0.2) is 0 Å². The van der Waals surface area contributed by atoms with Crippen molar-refractivity contribution in [2.24, 2.45) is 5.73 Å². The molecule has 6 heteroatoms. The zero-order valence-electron chi connectivity index (χ0n) is 9.52. The van der Waals surface area contributed by atoms with Crippen LogP contribution in [0.15, 0.2) is 40.2 Å². The van der Waals surface area contributed by atoms with E-state index in [1.54, 1.807) is 12.1 Å². The largest absolute Gasteiger partial charge is 0.326 e. The summed E-state index contributed by atoms with van der Waals surface area (Å²) in [5.41, 5.74) is 5.61. The molecule has 0 aliphatic carbocycles. The van der Waals surface area contributed by atoms with Gasteiger partial charge in [0.2, 0.25) is 0 Å². The van der Waals surface area contributed by atoms with Gasteiger partial charge in [-0.2, -0.15) is 0 Å². The van der Waals surface area contributed by atoms with Gasteiger partial charge >= 0.3 is 0 Å². The first-order valence-corrected chi connectivity index (χ1v) is 6.33. The Kier molecular flexibility index (Phi) is 4.11. The molecule has 0 amide bonds. The molecule has 0 radical (unpaired) electrons. The normalized spacial score (nSPS) is 10.6. The SMILES string of the molecule is NCc1cnc(CSc2cccc(F)c2)[nH]c1=O. The van der Waals surface area contributed by atoms with Gasteiger partial charge in [0.25, 0.3) is 5.56 Å². The molecule has 94 valence electrons. The minimum atomic E-state index is -0.278. The molecule has 4 nitrogen and oxygen atoms in total. The Labute approximate surface area is 107 Å². The van der Waals surface area contributed by atoms with E-state index in [-0.39, 0.29) is 17.9 Å². The van der Waals surface area contributed by atoms with Crippen molar-refractivity contribution < 1.29 is 4.39 Å². The van der Waals surface area contributed by atoms with Crippen LogP contribution in [0.5, 0.6) is 0 Å². The molecule has 2 aromatic rings. The standard InChI is InChI=1S/C12H12FN3OS/c13-9-2-1-3-10(4-9)18-7-11-15-6-8(5-14)12(17)16-11/h1-4,6H,5,7,14H2,(H,15,16,17). The number of hydrogen-bond acceptors (Lipinski definition) is 4. The molecule has 1 heterocycles. The van der Waals surface area contributed by atoms with E-state index in [2.05, 4.69) is 9.97 Å². The molecule has 0 spiro atoms. The number of rotatable bonds is 4. The summed E-state index contributed by atoms with van der Waals surface area (Å²) in [6.45, 7) is 0.166. The van der Waals surface area contributed by atoms with Crippen molar-refractivity contribution in [2.45, 2.75) is 17.2 Å². The molecule has 0 saturated heterocycles. The van der Waals surface area contributed by atoms with E-state index in [4.69, 9.17) is 5.73 Å². The molecule has 0 aliphatic rings. The number of aromatic nitrogens is 2. The number of nitrogens with zero attached hydrogens (tertiary/aromatic N) is 1. The molecule has 1 aromatic heterocycles. The lowest BCUT2D eigenvalue weighted by molar-refractivity contribution is 0.624. The number of aromatic amines is 1. The second kappa shape index (κ2) is 5.79. The second-order valence-electron chi connectivity index (χ2n) is 3.63. The monoisotopic (exact) mass is 265 g/mol. The van der Waals surface area contributed by atoms with Gasteiger partial charge in [-0.15, -0.1) is 11.8 Å². The maximum atomic E-state index is 13.0. The van der Waals surface area contributed by atoms with Crippen molar-refractivity contribution >= 4 is 11.8 Å². The van der Waals surface area contributed by atoms with Gasteiger partial charge in [0.05, 0.1) is 5.75 Å². The van der Waals surface area contributed by atoms with Crippen molar-refractivity contribution in [3.63, 3.8) is 0 Å². The second-order valence-corrected chi connectivity index (χ2v) is 4.68. The highest BCUT2D eigenvalue weighted by molar-refractivity contribution is 7.98. The Hall–Kier alpha value is -1.66. The van der Waals surface area contributed by atoms with Gasteiger partial charge in [-0.3, -0.25) is 4.79 Å². The number of hydrogen-bond donors (Lipinski definition) is 2. The first-order valence-electron chi connectivity index (χ1n) is 5.34. The fourth-order valence-corrected chi connectivity index (χ4v) is 2.21. The summed E-state index contributed by atoms with van der Waals surface area (Å²) in [4.78, 5) is 19.0. The van der Waals surface area contributed by atoms with E-state index in [9.17, 15) is 9.18 Å². The van der Waals surface area contributed by atoms with Crippen LogP contribution in [0.1, 0.15) is 11.4 Å². The Bertz CT molecular complexity index is 600. The lowest BCUT2D eigenvalue weighted by atomic mass is 10.3. The van der Waals surface area contributed by atoms with Crippen molar-refractivity contribution in [1.82, 2.24) is 9.97 Å². The summed E-state index contributed by atoms with van der Waals surface area (Å²) in [6.07, 6.45) is 1.47. The quantitative estimate of drug-likeness (QED) is 0.825. The van der Waals surface area contributed by atoms with Crippen LogP contribution in [0, 0.1) is 5.82 Å². The average molecular weight is 265 g/mol. The van der Waals surface area contributed by atoms with E-state index >= 15 is 0 Å². The van der Waals surface area contributed by atoms with Gasteiger partial charge in [-0.1, -0.05) is 6.07 Å². The predicted octanol–water partition coefficient (Wildman–Crippen LogP) is 1.66. The fourth-order valence-electron chi connectivity index (χ4n) is 1.39. The molecule has 0 unspecified atom stereocenters. The molecule has 1 aromatic carbocycles. The zero-order valence-corrected chi connectivity index (χ0v) is 10.3. The van der Waals surface area contributed by atoms with E-state index in [1.807, 2.05) is 0 Å². The summed E-state index contributed by atoms with van der Waals surface area (Å²) in [5, 5.41) is 0. The van der Waals surface area contributed by atoms with Crippen LogP contribution in [0.2, 0.25) is 0 Å². The maximum absolute atomic E-state index is 13.0. The van der Waals surface area contributed by atoms with E-state index in [0.29, 0.717) is 17.1 Å².